The summed E-state index contributed by atoms with van der Waals surface area (Å²) in [6.07, 6.45) is 4.56. The second kappa shape index (κ2) is 8.14. The lowest BCUT2D eigenvalue weighted by Crippen LogP contribution is -2.37. The van der Waals surface area contributed by atoms with Crippen LogP contribution >= 0.6 is 0 Å². The smallest absolute Gasteiger partial charge is 0.225 e. The second-order valence-electron chi connectivity index (χ2n) is 4.77. The molecule has 3 N–H and O–H groups in total. The van der Waals surface area contributed by atoms with Crippen molar-refractivity contribution in [3.8, 4) is 0 Å². The molecule has 110 valence electrons. The van der Waals surface area contributed by atoms with Crippen LogP contribution in [-0.4, -0.2) is 33.4 Å². The summed E-state index contributed by atoms with van der Waals surface area (Å²) in [6.45, 7) is 4.79. The standard InChI is InChI=1S/C14H22N4O2/c1-3-11(2)14(19)18(8-6-13(15)17-20)10-12-5-4-7-16-9-12/h4-5,7,9,11,20H,3,6,8,10H2,1-2H3,(H2,15,17). The number of aromatic nitrogens is 1. The molecule has 0 aliphatic rings. The van der Waals surface area contributed by atoms with E-state index in [0.29, 0.717) is 19.5 Å². The summed E-state index contributed by atoms with van der Waals surface area (Å²) in [5.74, 6) is 0.152. The van der Waals surface area contributed by atoms with Crippen molar-refractivity contribution in [2.75, 3.05) is 6.54 Å². The van der Waals surface area contributed by atoms with Gasteiger partial charge in [0.05, 0.1) is 0 Å². The predicted octanol–water partition coefficient (Wildman–Crippen LogP) is 1.59. The monoisotopic (exact) mass is 278 g/mol. The van der Waals surface area contributed by atoms with Crippen molar-refractivity contribution in [1.82, 2.24) is 9.88 Å². The predicted molar refractivity (Wildman–Crippen MR) is 77.1 cm³/mol. The maximum Gasteiger partial charge on any atom is 0.225 e. The number of rotatable bonds is 7. The van der Waals surface area contributed by atoms with Gasteiger partial charge in [-0.05, 0) is 18.1 Å². The highest BCUT2D eigenvalue weighted by molar-refractivity contribution is 5.82. The van der Waals surface area contributed by atoms with E-state index in [1.165, 1.54) is 0 Å². The van der Waals surface area contributed by atoms with E-state index in [2.05, 4.69) is 10.1 Å². The first-order valence-corrected chi connectivity index (χ1v) is 6.72. The molecule has 0 aliphatic heterocycles. The highest BCUT2D eigenvalue weighted by Crippen LogP contribution is 2.11. The van der Waals surface area contributed by atoms with Crippen LogP contribution < -0.4 is 5.73 Å². The van der Waals surface area contributed by atoms with E-state index in [1.807, 2.05) is 26.0 Å². The Morgan fingerprint density at radius 1 is 1.60 bits per heavy atom. The summed E-state index contributed by atoms with van der Waals surface area (Å²) < 4.78 is 0. The van der Waals surface area contributed by atoms with E-state index in [0.717, 1.165) is 12.0 Å². The quantitative estimate of drug-likeness (QED) is 0.343. The molecule has 1 heterocycles. The number of pyridine rings is 1. The number of hydrogen-bond acceptors (Lipinski definition) is 4. The van der Waals surface area contributed by atoms with Gasteiger partial charge in [0.2, 0.25) is 5.91 Å². The highest BCUT2D eigenvalue weighted by atomic mass is 16.4. The van der Waals surface area contributed by atoms with Crippen molar-refractivity contribution in [3.05, 3.63) is 30.1 Å². The van der Waals surface area contributed by atoms with Gasteiger partial charge in [0.1, 0.15) is 5.84 Å². The first-order valence-electron chi connectivity index (χ1n) is 6.72. The molecule has 1 rings (SSSR count). The zero-order valence-electron chi connectivity index (χ0n) is 12.0. The maximum atomic E-state index is 12.3. The average molecular weight is 278 g/mol. The molecule has 1 aromatic heterocycles. The van der Waals surface area contributed by atoms with Crippen LogP contribution in [0, 0.1) is 5.92 Å². The number of nitrogens with two attached hydrogens (primary N) is 1. The largest absolute Gasteiger partial charge is 0.409 e. The number of nitrogens with zero attached hydrogens (tertiary/aromatic N) is 3. The minimum atomic E-state index is -0.0426. The van der Waals surface area contributed by atoms with Gasteiger partial charge in [-0.1, -0.05) is 25.1 Å². The van der Waals surface area contributed by atoms with Crippen LogP contribution in [0.25, 0.3) is 0 Å². The van der Waals surface area contributed by atoms with Crippen LogP contribution in [-0.2, 0) is 11.3 Å². The molecule has 1 unspecified atom stereocenters. The van der Waals surface area contributed by atoms with Gasteiger partial charge in [-0.15, -0.1) is 0 Å². The van der Waals surface area contributed by atoms with E-state index < -0.39 is 0 Å². The van der Waals surface area contributed by atoms with Gasteiger partial charge in [0, 0.05) is 37.8 Å². The van der Waals surface area contributed by atoms with Gasteiger partial charge in [-0.3, -0.25) is 9.78 Å². The van der Waals surface area contributed by atoms with Crippen LogP contribution in [0.2, 0.25) is 0 Å². The molecule has 1 aromatic rings. The Kier molecular flexibility index (Phi) is 6.49. The number of carbonyl (C=O) groups is 1. The van der Waals surface area contributed by atoms with Crippen LogP contribution in [0.15, 0.2) is 29.7 Å². The summed E-state index contributed by atoms with van der Waals surface area (Å²) in [4.78, 5) is 18.1. The van der Waals surface area contributed by atoms with Gasteiger partial charge in [-0.2, -0.15) is 0 Å². The van der Waals surface area contributed by atoms with E-state index in [4.69, 9.17) is 10.9 Å². The number of amides is 1. The zero-order chi connectivity index (χ0) is 15.0. The third-order valence-corrected chi connectivity index (χ3v) is 3.21. The van der Waals surface area contributed by atoms with Crippen molar-refractivity contribution >= 4 is 11.7 Å². The molecule has 6 heteroatoms. The van der Waals surface area contributed by atoms with Crippen molar-refractivity contribution < 1.29 is 10.0 Å². The van der Waals surface area contributed by atoms with Gasteiger partial charge in [-0.25, -0.2) is 0 Å². The van der Waals surface area contributed by atoms with E-state index in [-0.39, 0.29) is 17.7 Å². The second-order valence-corrected chi connectivity index (χ2v) is 4.77. The summed E-state index contributed by atoms with van der Waals surface area (Å²) >= 11 is 0. The van der Waals surface area contributed by atoms with Crippen LogP contribution in [0.3, 0.4) is 0 Å². The first-order chi connectivity index (χ1) is 9.58. The Balaban J connectivity index is 2.76. The molecule has 0 bridgehead atoms. The molecule has 0 aliphatic carbocycles. The zero-order valence-corrected chi connectivity index (χ0v) is 12.0. The minimum absolute atomic E-state index is 0.0426. The molecule has 0 saturated heterocycles. The lowest BCUT2D eigenvalue weighted by atomic mass is 10.1. The fourth-order valence-corrected chi connectivity index (χ4v) is 1.77. The molecule has 1 atom stereocenters. The minimum Gasteiger partial charge on any atom is -0.409 e. The van der Waals surface area contributed by atoms with E-state index in [1.54, 1.807) is 17.3 Å². The molecular formula is C14H22N4O2. The maximum absolute atomic E-state index is 12.3. The molecule has 1 amide bonds. The highest BCUT2D eigenvalue weighted by Gasteiger charge is 2.19. The van der Waals surface area contributed by atoms with Gasteiger partial charge in [0.25, 0.3) is 0 Å². The van der Waals surface area contributed by atoms with Gasteiger partial charge in [0.15, 0.2) is 0 Å². The normalized spacial score (nSPS) is 13.0. The Bertz CT molecular complexity index is 448. The fourth-order valence-electron chi connectivity index (χ4n) is 1.77. The van der Waals surface area contributed by atoms with E-state index >= 15 is 0 Å². The summed E-state index contributed by atoms with van der Waals surface area (Å²) in [5.41, 5.74) is 6.43. The van der Waals surface area contributed by atoms with Crippen LogP contribution in [0.5, 0.6) is 0 Å². The molecule has 6 nitrogen and oxygen atoms in total. The first kappa shape index (κ1) is 15.9. The molecule has 0 aromatic carbocycles. The average Bonchev–Trinajstić information content (AvgIpc) is 2.50. The van der Waals surface area contributed by atoms with Crippen LogP contribution in [0.1, 0.15) is 32.3 Å². The van der Waals surface area contributed by atoms with Crippen molar-refractivity contribution in [1.29, 1.82) is 0 Å². The summed E-state index contributed by atoms with van der Waals surface area (Å²) in [5, 5.41) is 11.5. The Morgan fingerprint density at radius 2 is 2.35 bits per heavy atom. The topological polar surface area (TPSA) is 91.8 Å². The number of hydrogen-bond donors (Lipinski definition) is 2. The number of carbonyl (C=O) groups excluding carboxylic acids is 1. The fraction of sp³-hybridized carbons (Fsp3) is 0.500. The molecule has 0 spiro atoms. The van der Waals surface area contributed by atoms with Gasteiger partial charge >= 0.3 is 0 Å². The Morgan fingerprint density at radius 3 is 2.90 bits per heavy atom. The van der Waals surface area contributed by atoms with Gasteiger partial charge < -0.3 is 15.8 Å². The third kappa shape index (κ3) is 4.87. The summed E-state index contributed by atoms with van der Waals surface area (Å²) in [6, 6.07) is 3.76. The van der Waals surface area contributed by atoms with Crippen molar-refractivity contribution in [3.63, 3.8) is 0 Å². The molecule has 20 heavy (non-hydrogen) atoms. The molecule has 0 saturated carbocycles. The van der Waals surface area contributed by atoms with Crippen molar-refractivity contribution in [2.24, 2.45) is 16.8 Å². The Hall–Kier alpha value is -2.11. The number of amidine groups is 1. The number of oxime groups is 1. The van der Waals surface area contributed by atoms with E-state index in [9.17, 15) is 4.79 Å². The lowest BCUT2D eigenvalue weighted by Gasteiger charge is -2.25. The SMILES string of the molecule is CCC(C)C(=O)N(CC/C(N)=N/O)Cc1cccnc1. The summed E-state index contributed by atoms with van der Waals surface area (Å²) in [7, 11) is 0. The van der Waals surface area contributed by atoms with Crippen LogP contribution in [0.4, 0.5) is 0 Å². The third-order valence-electron chi connectivity index (χ3n) is 3.21. The lowest BCUT2D eigenvalue weighted by molar-refractivity contribution is -0.135. The Labute approximate surface area is 119 Å². The molecular weight excluding hydrogens is 256 g/mol. The van der Waals surface area contributed by atoms with Crippen molar-refractivity contribution in [2.45, 2.75) is 33.2 Å². The molecule has 0 radical (unpaired) electrons. The molecule has 0 fully saturated rings.